The van der Waals surface area contributed by atoms with Crippen molar-refractivity contribution >= 4 is 21.6 Å². The van der Waals surface area contributed by atoms with E-state index in [-0.39, 0.29) is 23.9 Å². The molecule has 152 valence electrons. The third-order valence-corrected chi connectivity index (χ3v) is 6.87. The van der Waals surface area contributed by atoms with Crippen LogP contribution in [0, 0.1) is 17.1 Å². The van der Waals surface area contributed by atoms with Gasteiger partial charge in [-0.15, -0.1) is 0 Å². The lowest BCUT2D eigenvalue weighted by Gasteiger charge is -2.36. The number of carbonyl (C=O) groups is 1. The molecular formula is C20H21FN4O3S. The number of nitrogens with one attached hydrogen (secondary N) is 1. The van der Waals surface area contributed by atoms with Crippen LogP contribution in [0.3, 0.4) is 0 Å². The molecule has 0 radical (unpaired) electrons. The van der Waals surface area contributed by atoms with Crippen LogP contribution in [-0.4, -0.2) is 55.8 Å². The fourth-order valence-corrected chi connectivity index (χ4v) is 4.60. The van der Waals surface area contributed by atoms with Gasteiger partial charge in [0.15, 0.2) is 0 Å². The maximum absolute atomic E-state index is 13.1. The Kier molecular flexibility index (Phi) is 6.27. The van der Waals surface area contributed by atoms with E-state index in [9.17, 15) is 17.6 Å². The molecule has 1 saturated heterocycles. The number of amides is 1. The van der Waals surface area contributed by atoms with Gasteiger partial charge in [-0.25, -0.2) is 12.8 Å². The average Bonchev–Trinajstić information content (AvgIpc) is 2.74. The van der Waals surface area contributed by atoms with Gasteiger partial charge in [0.25, 0.3) is 0 Å². The van der Waals surface area contributed by atoms with Crippen molar-refractivity contribution in [2.75, 3.05) is 31.5 Å². The first-order chi connectivity index (χ1) is 13.8. The Hall–Kier alpha value is -2.80. The third-order valence-electron chi connectivity index (χ3n) is 4.96. The van der Waals surface area contributed by atoms with Gasteiger partial charge in [-0.2, -0.15) is 9.57 Å². The molecule has 2 aromatic rings. The largest absolute Gasteiger partial charge is 0.324 e. The predicted molar refractivity (Wildman–Crippen MR) is 106 cm³/mol. The number of halogens is 1. The lowest BCUT2D eigenvalue weighted by Crippen LogP contribution is -2.53. The Labute approximate surface area is 169 Å². The van der Waals surface area contributed by atoms with E-state index in [0.717, 1.165) is 12.1 Å². The molecule has 29 heavy (non-hydrogen) atoms. The summed E-state index contributed by atoms with van der Waals surface area (Å²) in [5.41, 5.74) is 0.827. The molecule has 7 nitrogen and oxygen atoms in total. The van der Waals surface area contributed by atoms with Crippen LogP contribution in [0.2, 0.25) is 0 Å². The van der Waals surface area contributed by atoms with Crippen LogP contribution < -0.4 is 5.32 Å². The molecule has 0 aromatic heterocycles. The number of carbonyl (C=O) groups excluding carboxylic acids is 1. The number of rotatable bonds is 5. The number of benzene rings is 2. The molecule has 1 heterocycles. The van der Waals surface area contributed by atoms with E-state index >= 15 is 0 Å². The van der Waals surface area contributed by atoms with Crippen LogP contribution >= 0.6 is 0 Å². The van der Waals surface area contributed by atoms with E-state index in [1.54, 1.807) is 31.2 Å². The van der Waals surface area contributed by atoms with E-state index in [0.29, 0.717) is 24.3 Å². The molecule has 0 unspecified atom stereocenters. The zero-order valence-electron chi connectivity index (χ0n) is 15.9. The maximum atomic E-state index is 13.1. The van der Waals surface area contributed by atoms with Gasteiger partial charge in [0.2, 0.25) is 15.9 Å². The minimum absolute atomic E-state index is 0.0475. The Bertz CT molecular complexity index is 1030. The molecule has 1 amide bonds. The highest BCUT2D eigenvalue weighted by Crippen LogP contribution is 2.20. The number of hydrogen-bond acceptors (Lipinski definition) is 5. The van der Waals surface area contributed by atoms with Crippen molar-refractivity contribution in [2.45, 2.75) is 17.9 Å². The lowest BCUT2D eigenvalue weighted by atomic mass is 10.1. The van der Waals surface area contributed by atoms with Crippen molar-refractivity contribution in [1.82, 2.24) is 9.21 Å². The highest BCUT2D eigenvalue weighted by Gasteiger charge is 2.32. The second-order valence-electron chi connectivity index (χ2n) is 6.72. The molecule has 3 rings (SSSR count). The molecule has 0 bridgehead atoms. The summed E-state index contributed by atoms with van der Waals surface area (Å²) in [4.78, 5) is 14.5. The number of nitriles is 1. The van der Waals surface area contributed by atoms with Crippen LogP contribution in [0.25, 0.3) is 0 Å². The van der Waals surface area contributed by atoms with Crippen molar-refractivity contribution in [3.05, 3.63) is 59.9 Å². The molecule has 1 aliphatic rings. The van der Waals surface area contributed by atoms with Crippen LogP contribution in [0.1, 0.15) is 12.5 Å². The fraction of sp³-hybridized carbons (Fsp3) is 0.300. The third kappa shape index (κ3) is 4.62. The van der Waals surface area contributed by atoms with Gasteiger partial charge < -0.3 is 5.32 Å². The van der Waals surface area contributed by atoms with Crippen molar-refractivity contribution < 1.29 is 17.6 Å². The first-order valence-corrected chi connectivity index (χ1v) is 10.6. The predicted octanol–water partition coefficient (Wildman–Crippen LogP) is 2.03. The van der Waals surface area contributed by atoms with Crippen molar-refractivity contribution in [1.29, 1.82) is 5.26 Å². The van der Waals surface area contributed by atoms with Crippen LogP contribution in [0.5, 0.6) is 0 Å². The minimum Gasteiger partial charge on any atom is -0.324 e. The molecule has 0 spiro atoms. The summed E-state index contributed by atoms with van der Waals surface area (Å²) in [6, 6.07) is 13.0. The van der Waals surface area contributed by atoms with E-state index in [1.807, 2.05) is 11.0 Å². The first kappa shape index (κ1) is 20.9. The van der Waals surface area contributed by atoms with Crippen molar-refractivity contribution in [3.63, 3.8) is 0 Å². The van der Waals surface area contributed by atoms with Crippen molar-refractivity contribution in [2.24, 2.45) is 0 Å². The SMILES string of the molecule is C[C@@H](C(=O)Nc1ccccc1C#N)N1CCN(S(=O)(=O)c2ccc(F)cc2)CC1. The molecule has 2 aromatic carbocycles. The summed E-state index contributed by atoms with van der Waals surface area (Å²) in [6.45, 7) is 2.97. The summed E-state index contributed by atoms with van der Waals surface area (Å²) < 4.78 is 39.8. The second-order valence-corrected chi connectivity index (χ2v) is 8.65. The van der Waals surface area contributed by atoms with Gasteiger partial charge in [-0.1, -0.05) is 12.1 Å². The molecule has 0 aliphatic carbocycles. The molecule has 9 heteroatoms. The minimum atomic E-state index is -3.70. The number of anilines is 1. The van der Waals surface area contributed by atoms with E-state index < -0.39 is 21.9 Å². The van der Waals surface area contributed by atoms with Crippen molar-refractivity contribution in [3.8, 4) is 6.07 Å². The average molecular weight is 416 g/mol. The van der Waals surface area contributed by atoms with Gasteiger partial charge in [-0.3, -0.25) is 9.69 Å². The van der Waals surface area contributed by atoms with Gasteiger partial charge in [0.1, 0.15) is 11.9 Å². The standard InChI is InChI=1S/C20H21FN4O3S/c1-15(20(26)23-19-5-3-2-4-16(19)14-22)24-10-12-25(13-11-24)29(27,28)18-8-6-17(21)7-9-18/h2-9,15H,10-13H2,1H3,(H,23,26)/t15-/m0/s1. The summed E-state index contributed by atoms with van der Waals surface area (Å²) in [6.07, 6.45) is 0. The monoisotopic (exact) mass is 416 g/mol. The molecular weight excluding hydrogens is 395 g/mol. The summed E-state index contributed by atoms with van der Waals surface area (Å²) in [5, 5.41) is 11.9. The quantitative estimate of drug-likeness (QED) is 0.805. The second kappa shape index (κ2) is 8.69. The highest BCUT2D eigenvalue weighted by molar-refractivity contribution is 7.89. The Morgan fingerprint density at radius 1 is 1.10 bits per heavy atom. The van der Waals surface area contributed by atoms with Crippen LogP contribution in [0.4, 0.5) is 10.1 Å². The Morgan fingerprint density at radius 3 is 2.34 bits per heavy atom. The zero-order valence-corrected chi connectivity index (χ0v) is 16.7. The van der Waals surface area contributed by atoms with Gasteiger partial charge in [0, 0.05) is 26.2 Å². The lowest BCUT2D eigenvalue weighted by molar-refractivity contribution is -0.121. The van der Waals surface area contributed by atoms with Gasteiger partial charge >= 0.3 is 0 Å². The smallest absolute Gasteiger partial charge is 0.243 e. The normalized spacial score (nSPS) is 16.7. The fourth-order valence-electron chi connectivity index (χ4n) is 3.18. The number of hydrogen-bond donors (Lipinski definition) is 1. The molecule has 0 saturated carbocycles. The highest BCUT2D eigenvalue weighted by atomic mass is 32.2. The van der Waals surface area contributed by atoms with E-state index in [1.165, 1.54) is 16.4 Å². The summed E-state index contributed by atoms with van der Waals surface area (Å²) >= 11 is 0. The number of piperazine rings is 1. The molecule has 1 N–H and O–H groups in total. The summed E-state index contributed by atoms with van der Waals surface area (Å²) in [5.74, 6) is -0.755. The van der Waals surface area contributed by atoms with E-state index in [4.69, 9.17) is 5.26 Å². The van der Waals surface area contributed by atoms with Crippen LogP contribution in [-0.2, 0) is 14.8 Å². The molecule has 1 aliphatic heterocycles. The molecule has 1 atom stereocenters. The number of para-hydroxylation sites is 1. The van der Waals surface area contributed by atoms with Crippen LogP contribution in [0.15, 0.2) is 53.4 Å². The first-order valence-electron chi connectivity index (χ1n) is 9.12. The molecule has 1 fully saturated rings. The topological polar surface area (TPSA) is 93.5 Å². The summed E-state index contributed by atoms with van der Waals surface area (Å²) in [7, 11) is -3.70. The Balaban J connectivity index is 1.62. The Morgan fingerprint density at radius 2 is 1.72 bits per heavy atom. The number of sulfonamides is 1. The zero-order chi connectivity index (χ0) is 21.0. The number of nitrogens with zero attached hydrogens (tertiary/aromatic N) is 3. The maximum Gasteiger partial charge on any atom is 0.243 e. The van der Waals surface area contributed by atoms with E-state index in [2.05, 4.69) is 5.32 Å². The van der Waals surface area contributed by atoms with Gasteiger partial charge in [-0.05, 0) is 43.3 Å². The van der Waals surface area contributed by atoms with Gasteiger partial charge in [0.05, 0.1) is 22.2 Å².